The summed E-state index contributed by atoms with van der Waals surface area (Å²) in [6, 6.07) is 11.2. The topological polar surface area (TPSA) is 92.7 Å². The van der Waals surface area contributed by atoms with Crippen LogP contribution < -0.4 is 10.9 Å². The molecule has 3 aromatic rings. The Morgan fingerprint density at radius 1 is 1.27 bits per heavy atom. The van der Waals surface area contributed by atoms with E-state index in [9.17, 15) is 9.59 Å². The lowest BCUT2D eigenvalue weighted by molar-refractivity contribution is 0.0931. The van der Waals surface area contributed by atoms with Crippen molar-refractivity contribution >= 4 is 5.91 Å². The molecule has 0 saturated carbocycles. The van der Waals surface area contributed by atoms with Gasteiger partial charge in [0, 0.05) is 12.2 Å². The highest BCUT2D eigenvalue weighted by atomic mass is 16.2. The summed E-state index contributed by atoms with van der Waals surface area (Å²) < 4.78 is 1.71. The standard InChI is InChI=1S/C19H21N5O2/c1-13-10-14(2)22-18(25)17(13)19(26)23-16(15-6-4-3-5-7-15)8-9-24-12-20-11-21-24/h3-7,10-12,16H,8-9H2,1-2H3,(H,22,25)(H,23,26). The second-order valence-electron chi connectivity index (χ2n) is 6.22. The third-order valence-electron chi connectivity index (χ3n) is 4.21. The zero-order chi connectivity index (χ0) is 18.5. The number of nitrogens with one attached hydrogen (secondary N) is 2. The summed E-state index contributed by atoms with van der Waals surface area (Å²) in [6.45, 7) is 4.16. The minimum atomic E-state index is -0.379. The van der Waals surface area contributed by atoms with E-state index in [1.165, 1.54) is 6.33 Å². The largest absolute Gasteiger partial charge is 0.345 e. The van der Waals surface area contributed by atoms with Crippen LogP contribution in [0, 0.1) is 13.8 Å². The zero-order valence-electron chi connectivity index (χ0n) is 14.8. The molecule has 2 aromatic heterocycles. The second kappa shape index (κ2) is 7.77. The number of hydrogen-bond acceptors (Lipinski definition) is 4. The average molecular weight is 351 g/mol. The van der Waals surface area contributed by atoms with Gasteiger partial charge >= 0.3 is 0 Å². The number of H-pyrrole nitrogens is 1. The molecule has 1 unspecified atom stereocenters. The SMILES string of the molecule is Cc1cc(C)c(C(=O)NC(CCn2cncn2)c2ccccc2)c(=O)[nH]1. The fraction of sp³-hybridized carbons (Fsp3) is 0.263. The van der Waals surface area contributed by atoms with Crippen LogP contribution in [-0.2, 0) is 6.54 Å². The molecular weight excluding hydrogens is 330 g/mol. The summed E-state index contributed by atoms with van der Waals surface area (Å²) >= 11 is 0. The van der Waals surface area contributed by atoms with E-state index < -0.39 is 0 Å². The van der Waals surface area contributed by atoms with Crippen LogP contribution in [0.5, 0.6) is 0 Å². The maximum absolute atomic E-state index is 12.8. The van der Waals surface area contributed by atoms with Crippen molar-refractivity contribution in [1.82, 2.24) is 25.1 Å². The van der Waals surface area contributed by atoms with Crippen LogP contribution >= 0.6 is 0 Å². The maximum atomic E-state index is 12.8. The highest BCUT2D eigenvalue weighted by molar-refractivity contribution is 5.95. The van der Waals surface area contributed by atoms with Crippen LogP contribution in [-0.4, -0.2) is 25.7 Å². The van der Waals surface area contributed by atoms with Crippen molar-refractivity contribution in [3.8, 4) is 0 Å². The fourth-order valence-electron chi connectivity index (χ4n) is 2.98. The third kappa shape index (κ3) is 4.05. The molecular formula is C19H21N5O2. The van der Waals surface area contributed by atoms with Crippen LogP contribution in [0.3, 0.4) is 0 Å². The Hall–Kier alpha value is -3.22. The fourth-order valence-corrected chi connectivity index (χ4v) is 2.98. The molecule has 2 N–H and O–H groups in total. The molecule has 0 spiro atoms. The molecule has 0 aliphatic carbocycles. The molecule has 0 saturated heterocycles. The minimum Gasteiger partial charge on any atom is -0.345 e. The quantitative estimate of drug-likeness (QED) is 0.712. The number of aryl methyl sites for hydroxylation is 3. The molecule has 26 heavy (non-hydrogen) atoms. The van der Waals surface area contributed by atoms with Crippen LogP contribution in [0.4, 0.5) is 0 Å². The first-order valence-corrected chi connectivity index (χ1v) is 8.43. The van der Waals surface area contributed by atoms with Gasteiger partial charge in [-0.05, 0) is 37.5 Å². The van der Waals surface area contributed by atoms with E-state index in [1.54, 1.807) is 30.9 Å². The first kappa shape index (κ1) is 17.6. The first-order chi connectivity index (χ1) is 12.5. The highest BCUT2D eigenvalue weighted by Crippen LogP contribution is 2.18. The molecule has 1 atom stereocenters. The van der Waals surface area contributed by atoms with Crippen LogP contribution in [0.2, 0.25) is 0 Å². The zero-order valence-corrected chi connectivity index (χ0v) is 14.8. The molecule has 1 aromatic carbocycles. The molecule has 1 amide bonds. The van der Waals surface area contributed by atoms with Gasteiger partial charge < -0.3 is 10.3 Å². The Balaban J connectivity index is 1.83. The molecule has 0 radical (unpaired) electrons. The smallest absolute Gasteiger partial charge is 0.261 e. The van der Waals surface area contributed by atoms with Crippen molar-refractivity contribution in [3.63, 3.8) is 0 Å². The van der Waals surface area contributed by atoms with Crippen molar-refractivity contribution in [1.29, 1.82) is 0 Å². The van der Waals surface area contributed by atoms with Crippen molar-refractivity contribution in [2.45, 2.75) is 32.9 Å². The number of hydrogen-bond donors (Lipinski definition) is 2. The van der Waals surface area contributed by atoms with Gasteiger partial charge in [0.15, 0.2) is 0 Å². The van der Waals surface area contributed by atoms with Gasteiger partial charge in [0.1, 0.15) is 18.2 Å². The van der Waals surface area contributed by atoms with E-state index in [2.05, 4.69) is 20.4 Å². The highest BCUT2D eigenvalue weighted by Gasteiger charge is 2.20. The van der Waals surface area contributed by atoms with Gasteiger partial charge in [0.2, 0.25) is 0 Å². The Morgan fingerprint density at radius 2 is 2.04 bits per heavy atom. The molecule has 0 aliphatic heterocycles. The minimum absolute atomic E-state index is 0.150. The van der Waals surface area contributed by atoms with Crippen molar-refractivity contribution in [2.75, 3.05) is 0 Å². The number of aromatic amines is 1. The van der Waals surface area contributed by atoms with Crippen LogP contribution in [0.15, 0.2) is 53.8 Å². The average Bonchev–Trinajstić information content (AvgIpc) is 3.12. The molecule has 7 heteroatoms. The monoisotopic (exact) mass is 351 g/mol. The number of nitrogens with zero attached hydrogens (tertiary/aromatic N) is 3. The van der Waals surface area contributed by atoms with Gasteiger partial charge in [0.05, 0.1) is 6.04 Å². The number of rotatable bonds is 6. The Kier molecular flexibility index (Phi) is 5.26. The summed E-state index contributed by atoms with van der Waals surface area (Å²) in [5, 5.41) is 7.09. The van der Waals surface area contributed by atoms with Crippen LogP contribution in [0.1, 0.15) is 39.6 Å². The number of carbonyl (C=O) groups is 1. The third-order valence-corrected chi connectivity index (χ3v) is 4.21. The van der Waals surface area contributed by atoms with E-state index in [1.807, 2.05) is 30.3 Å². The Bertz CT molecular complexity index is 932. The maximum Gasteiger partial charge on any atom is 0.261 e. The summed E-state index contributed by atoms with van der Waals surface area (Å²) in [6.07, 6.45) is 3.74. The van der Waals surface area contributed by atoms with Gasteiger partial charge in [-0.15, -0.1) is 0 Å². The number of carbonyl (C=O) groups excluding carboxylic acids is 1. The van der Waals surface area contributed by atoms with E-state index >= 15 is 0 Å². The van der Waals surface area contributed by atoms with Gasteiger partial charge in [-0.25, -0.2) is 4.98 Å². The second-order valence-corrected chi connectivity index (χ2v) is 6.22. The van der Waals surface area contributed by atoms with Crippen LogP contribution in [0.25, 0.3) is 0 Å². The molecule has 2 heterocycles. The lowest BCUT2D eigenvalue weighted by Gasteiger charge is -2.19. The van der Waals surface area contributed by atoms with E-state index in [0.717, 1.165) is 11.3 Å². The molecule has 0 bridgehead atoms. The Morgan fingerprint density at radius 3 is 2.69 bits per heavy atom. The Labute approximate surface area is 151 Å². The van der Waals surface area contributed by atoms with E-state index in [0.29, 0.717) is 18.5 Å². The van der Waals surface area contributed by atoms with Crippen molar-refractivity contribution < 1.29 is 4.79 Å². The number of aromatic nitrogens is 4. The summed E-state index contributed by atoms with van der Waals surface area (Å²) in [7, 11) is 0. The number of pyridine rings is 1. The van der Waals surface area contributed by atoms with E-state index in [4.69, 9.17) is 0 Å². The molecule has 0 fully saturated rings. The van der Waals surface area contributed by atoms with Gasteiger partial charge in [-0.2, -0.15) is 5.10 Å². The summed E-state index contributed by atoms with van der Waals surface area (Å²) in [4.78, 5) is 31.6. The lowest BCUT2D eigenvalue weighted by Crippen LogP contribution is -2.34. The lowest BCUT2D eigenvalue weighted by atomic mass is 10.0. The first-order valence-electron chi connectivity index (χ1n) is 8.43. The predicted octanol–water partition coefficient (Wildman–Crippen LogP) is 2.14. The van der Waals surface area contributed by atoms with Gasteiger partial charge in [0.25, 0.3) is 11.5 Å². The number of benzene rings is 1. The predicted molar refractivity (Wildman–Crippen MR) is 97.8 cm³/mol. The normalized spacial score (nSPS) is 11.9. The molecule has 7 nitrogen and oxygen atoms in total. The molecule has 3 rings (SSSR count). The summed E-state index contributed by atoms with van der Waals surface area (Å²) in [5.41, 5.74) is 2.14. The van der Waals surface area contributed by atoms with Gasteiger partial charge in [-0.1, -0.05) is 30.3 Å². The van der Waals surface area contributed by atoms with Crippen molar-refractivity contribution in [2.24, 2.45) is 0 Å². The van der Waals surface area contributed by atoms with Gasteiger partial charge in [-0.3, -0.25) is 14.3 Å². The summed E-state index contributed by atoms with van der Waals surface area (Å²) in [5.74, 6) is -0.379. The molecule has 0 aliphatic rings. The van der Waals surface area contributed by atoms with E-state index in [-0.39, 0.29) is 23.1 Å². The van der Waals surface area contributed by atoms with Crippen molar-refractivity contribution in [3.05, 3.63) is 81.8 Å². The number of amides is 1. The molecule has 134 valence electrons.